The molecule has 4 aromatic carbocycles. The third-order valence-corrected chi connectivity index (χ3v) is 12.9. The van der Waals surface area contributed by atoms with Gasteiger partial charge in [0, 0.05) is 0 Å². The summed E-state index contributed by atoms with van der Waals surface area (Å²) in [5, 5.41) is 0. The van der Waals surface area contributed by atoms with E-state index in [-0.39, 0.29) is 56.0 Å². The first-order valence-corrected chi connectivity index (χ1v) is 18.0. The number of nitrogens with zero attached hydrogens (tertiary/aromatic N) is 2. The Morgan fingerprint density at radius 3 is 0.942 bits per heavy atom. The van der Waals surface area contributed by atoms with Crippen LogP contribution in [0, 0.1) is 0 Å². The van der Waals surface area contributed by atoms with Gasteiger partial charge in [0.1, 0.15) is 0 Å². The van der Waals surface area contributed by atoms with E-state index in [0.717, 1.165) is 0 Å². The van der Waals surface area contributed by atoms with Crippen LogP contribution in [0.3, 0.4) is 0 Å². The maximum absolute atomic E-state index is 14.4. The third-order valence-electron chi connectivity index (χ3n) is 7.82. The van der Waals surface area contributed by atoms with Crippen LogP contribution in [0.4, 0.5) is 52.7 Å². The molecule has 0 amide bonds. The van der Waals surface area contributed by atoms with Gasteiger partial charge in [-0.05, 0) is 47.5 Å². The highest BCUT2D eigenvalue weighted by Crippen LogP contribution is 2.53. The van der Waals surface area contributed by atoms with E-state index in [9.17, 15) is 69.5 Å². The van der Waals surface area contributed by atoms with Crippen LogP contribution in [0.1, 0.15) is 45.5 Å². The quantitative estimate of drug-likeness (QED) is 0.143. The molecule has 0 saturated carbocycles. The van der Waals surface area contributed by atoms with E-state index in [1.165, 1.54) is 60.7 Å². The van der Waals surface area contributed by atoms with Gasteiger partial charge < -0.3 is 0 Å². The highest BCUT2D eigenvalue weighted by Gasteiger charge is 2.60. The van der Waals surface area contributed by atoms with Crippen LogP contribution in [0.5, 0.6) is 0 Å². The molecule has 0 bridgehead atoms. The van der Waals surface area contributed by atoms with Gasteiger partial charge in [0.15, 0.2) is 0 Å². The molecule has 0 N–H and O–H groups in total. The van der Waals surface area contributed by atoms with Crippen LogP contribution < -0.4 is 0 Å². The zero-order chi connectivity index (χ0) is 38.8. The second-order valence-corrected chi connectivity index (χ2v) is 15.7. The number of rotatable bonds is 6. The molecule has 2 atom stereocenters. The van der Waals surface area contributed by atoms with Crippen LogP contribution in [-0.4, -0.2) is 31.1 Å². The van der Waals surface area contributed by atoms with Crippen LogP contribution in [-0.2, 0) is 44.8 Å². The molecule has 1 heterocycles. The second-order valence-electron chi connectivity index (χ2n) is 11.2. The van der Waals surface area contributed by atoms with Crippen molar-refractivity contribution in [2.24, 2.45) is 0 Å². The van der Waals surface area contributed by atoms with Gasteiger partial charge >= 0.3 is 30.5 Å². The predicted octanol–water partition coefficient (Wildman–Crippen LogP) is 9.32. The first-order chi connectivity index (χ1) is 23.8. The Balaban J connectivity index is 1.85. The monoisotopic (exact) mass is 852 g/mol. The van der Waals surface area contributed by atoms with Gasteiger partial charge in [-0.3, -0.25) is 0 Å². The van der Waals surface area contributed by atoms with Crippen molar-refractivity contribution in [2.45, 2.75) is 46.6 Å². The largest absolute Gasteiger partial charge is 0.420 e. The summed E-state index contributed by atoms with van der Waals surface area (Å²) in [6.07, 6.45) is -22.1. The average Bonchev–Trinajstić information content (AvgIpc) is 3.37. The molecule has 0 spiro atoms. The van der Waals surface area contributed by atoms with Crippen molar-refractivity contribution < 1.29 is 69.5 Å². The molecule has 52 heavy (non-hydrogen) atoms. The van der Waals surface area contributed by atoms with Gasteiger partial charge in [-0.25, -0.2) is 16.8 Å². The minimum atomic E-state index is -5.71. The summed E-state index contributed by atoms with van der Waals surface area (Å²) in [5.41, 5.74) is -8.42. The zero-order valence-electron chi connectivity index (χ0n) is 25.2. The SMILES string of the molecule is O=S(=O)(c1cc(C(F)(F)F)cc(C(F)(F)F)c1)N1B(Br)N(S(=O)(=O)c2cc(C(F)(F)F)cc(C(F)(F)F)c2)[C@@H](c2ccccc2)[C@@H]1c1ccccc1. The second kappa shape index (κ2) is 13.4. The molecule has 1 aliphatic heterocycles. The van der Waals surface area contributed by atoms with Crippen LogP contribution >= 0.6 is 15.8 Å². The van der Waals surface area contributed by atoms with Crippen LogP contribution in [0.2, 0.25) is 0 Å². The van der Waals surface area contributed by atoms with Crippen molar-refractivity contribution in [3.8, 4) is 0 Å². The van der Waals surface area contributed by atoms with Crippen molar-refractivity contribution in [3.63, 3.8) is 0 Å². The lowest BCUT2D eigenvalue weighted by Crippen LogP contribution is -2.45. The van der Waals surface area contributed by atoms with E-state index in [1.54, 1.807) is 0 Å². The minimum absolute atomic E-state index is 0.120. The lowest BCUT2D eigenvalue weighted by Gasteiger charge is -2.30. The molecule has 0 unspecified atom stereocenters. The Labute approximate surface area is 295 Å². The van der Waals surface area contributed by atoms with Gasteiger partial charge in [-0.1, -0.05) is 60.7 Å². The van der Waals surface area contributed by atoms with E-state index in [4.69, 9.17) is 0 Å². The minimum Gasteiger partial charge on any atom is -0.208 e. The van der Waals surface area contributed by atoms with Crippen molar-refractivity contribution >= 4 is 41.6 Å². The van der Waals surface area contributed by atoms with E-state index in [1.807, 2.05) is 0 Å². The molecule has 0 aromatic heterocycles. The van der Waals surface area contributed by atoms with Crippen LogP contribution in [0.25, 0.3) is 0 Å². The Morgan fingerprint density at radius 1 is 0.462 bits per heavy atom. The number of benzene rings is 4. The van der Waals surface area contributed by atoms with E-state index in [2.05, 4.69) is 15.8 Å². The number of hydrogen-bond acceptors (Lipinski definition) is 4. The topological polar surface area (TPSA) is 74.8 Å². The number of halogens is 13. The first kappa shape index (κ1) is 39.6. The van der Waals surface area contributed by atoms with E-state index >= 15 is 0 Å². The lowest BCUT2D eigenvalue weighted by molar-refractivity contribution is -0.145. The van der Waals surface area contributed by atoms with Gasteiger partial charge in [-0.15, -0.1) is 15.8 Å². The number of alkyl halides is 12. The summed E-state index contributed by atoms with van der Waals surface area (Å²) in [4.78, 5) is -3.21. The summed E-state index contributed by atoms with van der Waals surface area (Å²) < 4.78 is 224. The average molecular weight is 853 g/mol. The fraction of sp³-hybridized carbons (Fsp3) is 0.200. The molecule has 0 radical (unpaired) electrons. The Morgan fingerprint density at radius 2 is 0.712 bits per heavy atom. The van der Waals surface area contributed by atoms with Gasteiger partial charge in [0.05, 0.1) is 44.1 Å². The number of sulfonamides is 2. The fourth-order valence-corrected chi connectivity index (χ4v) is 10.7. The molecule has 278 valence electrons. The fourth-order valence-electron chi connectivity index (χ4n) is 5.54. The Kier molecular flexibility index (Phi) is 10.2. The van der Waals surface area contributed by atoms with Gasteiger partial charge in [0.25, 0.3) is 0 Å². The lowest BCUT2D eigenvalue weighted by atomic mass is 9.95. The molecule has 1 saturated heterocycles. The molecule has 1 aliphatic rings. The molecule has 22 heteroatoms. The highest BCUT2D eigenvalue weighted by atomic mass is 79.9. The van der Waals surface area contributed by atoms with E-state index in [0.29, 0.717) is 0 Å². The molecule has 5 rings (SSSR count). The molecule has 6 nitrogen and oxygen atoms in total. The van der Waals surface area contributed by atoms with Crippen LogP contribution in [0.15, 0.2) is 107 Å². The predicted molar refractivity (Wildman–Crippen MR) is 164 cm³/mol. The first-order valence-electron chi connectivity index (χ1n) is 14.2. The Hall–Kier alpha value is -3.60. The molecule has 1 fully saturated rings. The van der Waals surface area contributed by atoms with Gasteiger partial charge in [0.2, 0.25) is 20.0 Å². The van der Waals surface area contributed by atoms with Crippen molar-refractivity contribution in [3.05, 3.63) is 130 Å². The maximum Gasteiger partial charge on any atom is 0.420 e. The van der Waals surface area contributed by atoms with Crippen molar-refractivity contribution in [1.29, 1.82) is 0 Å². The summed E-state index contributed by atoms with van der Waals surface area (Å²) in [7, 11) is -11.4. The normalized spacial score (nSPS) is 18.6. The summed E-state index contributed by atoms with van der Waals surface area (Å²) >= 11 is 2.85. The Bertz CT molecular complexity index is 1960. The third kappa shape index (κ3) is 7.57. The molecular formula is C30H18BBrF12N2O4S2. The maximum atomic E-state index is 14.4. The van der Waals surface area contributed by atoms with Crippen molar-refractivity contribution in [1.82, 2.24) is 8.43 Å². The zero-order valence-corrected chi connectivity index (χ0v) is 28.4. The highest BCUT2D eigenvalue weighted by molar-refractivity contribution is 9.24. The standard InChI is InChI=1S/C30H18BBrF12N2O4S2/c32-31-45(51(47,48)23-13-19(27(33,34)35)11-20(14-23)28(36,37)38)25(17-7-3-1-4-8-17)26(18-9-5-2-6-10-18)46(31)52(49,50)24-15-21(29(39,40)41)12-22(16-24)30(42,43)44/h1-16,25-26H/t25-,26-/m0/s1. The summed E-state index contributed by atoms with van der Waals surface area (Å²) in [5.74, 6) is -2.38. The van der Waals surface area contributed by atoms with Gasteiger partial charge in [-0.2, -0.15) is 61.1 Å². The van der Waals surface area contributed by atoms with Crippen molar-refractivity contribution in [2.75, 3.05) is 0 Å². The molecule has 4 aromatic rings. The smallest absolute Gasteiger partial charge is 0.208 e. The van der Waals surface area contributed by atoms with E-state index < -0.39 is 94.7 Å². The molecular weight excluding hydrogens is 835 g/mol. The molecule has 0 aliphatic carbocycles. The number of hydrogen-bond donors (Lipinski definition) is 0. The summed E-state index contributed by atoms with van der Waals surface area (Å²) in [6, 6.07) is 7.97. The summed E-state index contributed by atoms with van der Waals surface area (Å²) in [6.45, 7) is 0.